The number of nitrogens with zero attached hydrogens (tertiary/aromatic N) is 3. The number of allylic oxidation sites excluding steroid dienone is 1. The first-order valence-corrected chi connectivity index (χ1v) is 12.8. The van der Waals surface area contributed by atoms with Gasteiger partial charge in [-0.1, -0.05) is 11.7 Å². The molecule has 0 amide bonds. The lowest BCUT2D eigenvalue weighted by Gasteiger charge is -2.12. The van der Waals surface area contributed by atoms with E-state index in [1.807, 2.05) is 25.1 Å². The number of ether oxygens (including phenoxy) is 1. The lowest BCUT2D eigenvalue weighted by atomic mass is 10.2. The van der Waals surface area contributed by atoms with Crippen LogP contribution in [0.3, 0.4) is 0 Å². The zero-order chi connectivity index (χ0) is 26.6. The molecule has 0 unspecified atom stereocenters. The van der Waals surface area contributed by atoms with Crippen molar-refractivity contribution in [1.82, 2.24) is 15.4 Å². The number of sulfone groups is 1. The maximum atomic E-state index is 12.9. The number of aromatic nitrogens is 3. The van der Waals surface area contributed by atoms with Gasteiger partial charge in [-0.15, -0.1) is 0 Å². The van der Waals surface area contributed by atoms with E-state index in [9.17, 15) is 8.42 Å². The summed E-state index contributed by atoms with van der Waals surface area (Å²) in [5, 5.41) is 18.0. The van der Waals surface area contributed by atoms with E-state index in [-0.39, 0.29) is 16.5 Å². The van der Waals surface area contributed by atoms with Gasteiger partial charge in [0.05, 0.1) is 34.6 Å². The molecule has 4 aromatic rings. The first kappa shape index (κ1) is 25.5. The predicted octanol–water partition coefficient (Wildman–Crippen LogP) is 4.02. The van der Waals surface area contributed by atoms with Crippen molar-refractivity contribution in [3.8, 4) is 5.75 Å². The smallest absolute Gasteiger partial charge is 0.184 e. The van der Waals surface area contributed by atoms with E-state index in [4.69, 9.17) is 15.0 Å². The number of methoxy groups -OCH3 is 1. The molecule has 2 aromatic heterocycles. The van der Waals surface area contributed by atoms with E-state index in [0.717, 1.165) is 22.3 Å². The van der Waals surface area contributed by atoms with Crippen molar-refractivity contribution in [1.29, 1.82) is 0 Å². The number of hydrogen-bond acceptors (Lipinski definition) is 10. The van der Waals surface area contributed by atoms with E-state index in [1.165, 1.54) is 25.5 Å². The summed E-state index contributed by atoms with van der Waals surface area (Å²) < 4.78 is 36.1. The summed E-state index contributed by atoms with van der Waals surface area (Å²) in [6, 6.07) is 11.8. The Bertz CT molecular complexity index is 1620. The molecule has 0 bridgehead atoms. The molecule has 0 aliphatic heterocycles. The van der Waals surface area contributed by atoms with Crippen molar-refractivity contribution in [2.24, 2.45) is 10.7 Å². The van der Waals surface area contributed by atoms with Gasteiger partial charge in [-0.05, 0) is 56.3 Å². The molecule has 0 atom stereocenters. The molecular formula is C25H27N7O4S. The number of benzene rings is 2. The van der Waals surface area contributed by atoms with Crippen LogP contribution in [0, 0.1) is 13.8 Å². The van der Waals surface area contributed by atoms with Crippen LogP contribution in [0.15, 0.2) is 81.2 Å². The molecule has 2 heterocycles. The van der Waals surface area contributed by atoms with Crippen LogP contribution in [0.1, 0.15) is 17.1 Å². The Morgan fingerprint density at radius 1 is 1.22 bits per heavy atom. The van der Waals surface area contributed by atoms with Crippen molar-refractivity contribution in [3.63, 3.8) is 0 Å². The van der Waals surface area contributed by atoms with Crippen LogP contribution in [0.25, 0.3) is 10.9 Å². The second-order valence-electron chi connectivity index (χ2n) is 8.22. The number of aromatic amines is 1. The van der Waals surface area contributed by atoms with Gasteiger partial charge in [0.2, 0.25) is 0 Å². The number of rotatable bonds is 10. The molecule has 0 spiro atoms. The molecule has 12 heteroatoms. The Morgan fingerprint density at radius 2 is 2.03 bits per heavy atom. The van der Waals surface area contributed by atoms with Gasteiger partial charge in [0.25, 0.3) is 0 Å². The summed E-state index contributed by atoms with van der Waals surface area (Å²) in [5.41, 5.74) is 9.39. The molecule has 0 fully saturated rings. The zero-order valence-corrected chi connectivity index (χ0v) is 21.4. The standard InChI is InChI=1S/C25H27N7O4S/c1-15-11-19(32-36-15)14-37(33,34)20-6-8-24(35-4)23(13-20)28-17(3)27-10-9-25(26)29-18-5-7-21-16(2)30-31-22(21)12-18/h5-13,28-29H,3,14,26H2,1-2,4H3,(H,30,31)/b25-9+,27-10-. The SMILES string of the molecule is C=C(/N=C\C=C(/N)Nc1ccc2c(C)n[nH]c2c1)Nc1cc(S(=O)(=O)Cc2cc(C)on2)ccc1OC. The Morgan fingerprint density at radius 3 is 2.76 bits per heavy atom. The minimum absolute atomic E-state index is 0.0889. The van der Waals surface area contributed by atoms with Gasteiger partial charge in [-0.3, -0.25) is 5.10 Å². The van der Waals surface area contributed by atoms with E-state index in [1.54, 1.807) is 25.1 Å². The highest BCUT2D eigenvalue weighted by Gasteiger charge is 2.20. The largest absolute Gasteiger partial charge is 0.495 e. The van der Waals surface area contributed by atoms with Gasteiger partial charge in [0.1, 0.15) is 28.9 Å². The molecule has 37 heavy (non-hydrogen) atoms. The minimum atomic E-state index is -3.68. The first-order valence-electron chi connectivity index (χ1n) is 11.1. The number of anilines is 2. The number of H-pyrrole nitrogens is 1. The second kappa shape index (κ2) is 10.6. The molecular weight excluding hydrogens is 494 g/mol. The lowest BCUT2D eigenvalue weighted by molar-refractivity contribution is 0.392. The lowest BCUT2D eigenvalue weighted by Crippen LogP contribution is -2.09. The summed E-state index contributed by atoms with van der Waals surface area (Å²) in [6.45, 7) is 7.50. The maximum absolute atomic E-state index is 12.9. The highest BCUT2D eigenvalue weighted by atomic mass is 32.2. The van der Waals surface area contributed by atoms with Crippen molar-refractivity contribution >= 4 is 38.3 Å². The summed E-state index contributed by atoms with van der Waals surface area (Å²) >= 11 is 0. The monoisotopic (exact) mass is 521 g/mol. The summed E-state index contributed by atoms with van der Waals surface area (Å²) in [4.78, 5) is 4.31. The van der Waals surface area contributed by atoms with E-state index in [2.05, 4.69) is 37.6 Å². The second-order valence-corrected chi connectivity index (χ2v) is 10.2. The van der Waals surface area contributed by atoms with Crippen LogP contribution in [0.5, 0.6) is 5.75 Å². The van der Waals surface area contributed by atoms with Gasteiger partial charge in [-0.2, -0.15) is 5.10 Å². The first-order chi connectivity index (χ1) is 17.6. The molecule has 0 radical (unpaired) electrons. The number of nitrogens with two attached hydrogens (primary N) is 1. The van der Waals surface area contributed by atoms with Crippen LogP contribution in [-0.4, -0.2) is 37.1 Å². The molecule has 0 saturated heterocycles. The average Bonchev–Trinajstić information content (AvgIpc) is 3.43. The fraction of sp³-hybridized carbons (Fsp3) is 0.160. The van der Waals surface area contributed by atoms with Crippen LogP contribution >= 0.6 is 0 Å². The third-order valence-corrected chi connectivity index (χ3v) is 7.00. The number of aliphatic imine (C=N–C) groups is 1. The number of hydrogen-bond donors (Lipinski definition) is 4. The van der Waals surface area contributed by atoms with Crippen LogP contribution < -0.4 is 21.1 Å². The summed E-state index contributed by atoms with van der Waals surface area (Å²) in [6.07, 6.45) is 3.05. The molecule has 0 saturated carbocycles. The number of aryl methyl sites for hydroxylation is 2. The average molecular weight is 522 g/mol. The van der Waals surface area contributed by atoms with Gasteiger partial charge < -0.3 is 25.6 Å². The molecule has 0 aliphatic rings. The van der Waals surface area contributed by atoms with Gasteiger partial charge in [-0.25, -0.2) is 13.4 Å². The van der Waals surface area contributed by atoms with Gasteiger partial charge in [0.15, 0.2) is 9.84 Å². The molecule has 192 valence electrons. The third-order valence-electron chi connectivity index (χ3n) is 5.35. The Hall–Kier alpha value is -4.58. The summed E-state index contributed by atoms with van der Waals surface area (Å²) in [7, 11) is -2.20. The van der Waals surface area contributed by atoms with E-state index in [0.29, 0.717) is 28.7 Å². The Kier molecular flexibility index (Phi) is 7.30. The fourth-order valence-corrected chi connectivity index (χ4v) is 4.85. The van der Waals surface area contributed by atoms with Crippen molar-refractivity contribution < 1.29 is 17.7 Å². The Balaban J connectivity index is 1.43. The molecule has 5 N–H and O–H groups in total. The topological polar surface area (TPSA) is 161 Å². The minimum Gasteiger partial charge on any atom is -0.495 e. The van der Waals surface area contributed by atoms with E-state index >= 15 is 0 Å². The number of nitrogens with one attached hydrogen (secondary N) is 3. The van der Waals surface area contributed by atoms with Crippen molar-refractivity contribution in [2.75, 3.05) is 17.7 Å². The van der Waals surface area contributed by atoms with Crippen LogP contribution in [0.4, 0.5) is 11.4 Å². The third kappa shape index (κ3) is 6.16. The maximum Gasteiger partial charge on any atom is 0.184 e. The van der Waals surface area contributed by atoms with Crippen molar-refractivity contribution in [2.45, 2.75) is 24.5 Å². The predicted molar refractivity (Wildman–Crippen MR) is 143 cm³/mol. The quantitative estimate of drug-likeness (QED) is 0.226. The molecule has 0 aliphatic carbocycles. The summed E-state index contributed by atoms with van der Waals surface area (Å²) in [5.74, 6) is 1.28. The fourth-order valence-electron chi connectivity index (χ4n) is 3.58. The highest BCUT2D eigenvalue weighted by Crippen LogP contribution is 2.30. The van der Waals surface area contributed by atoms with Crippen LogP contribution in [0.2, 0.25) is 0 Å². The Labute approximate surface area is 214 Å². The highest BCUT2D eigenvalue weighted by molar-refractivity contribution is 7.90. The molecule has 2 aromatic carbocycles. The number of fused-ring (bicyclic) bond motifs is 1. The molecule has 11 nitrogen and oxygen atoms in total. The van der Waals surface area contributed by atoms with Gasteiger partial charge in [0, 0.05) is 23.4 Å². The van der Waals surface area contributed by atoms with Crippen LogP contribution in [-0.2, 0) is 15.6 Å². The van der Waals surface area contributed by atoms with Crippen molar-refractivity contribution in [3.05, 3.63) is 83.9 Å². The van der Waals surface area contributed by atoms with E-state index < -0.39 is 9.84 Å². The van der Waals surface area contributed by atoms with Gasteiger partial charge >= 0.3 is 0 Å². The zero-order valence-electron chi connectivity index (χ0n) is 20.6. The normalized spacial score (nSPS) is 12.2. The molecule has 4 rings (SSSR count).